The highest BCUT2D eigenvalue weighted by Crippen LogP contribution is 2.37. The van der Waals surface area contributed by atoms with E-state index < -0.39 is 23.9 Å². The Labute approximate surface area is 176 Å². The van der Waals surface area contributed by atoms with Crippen molar-refractivity contribution in [2.45, 2.75) is 55.0 Å². The number of thioether (sulfide) groups is 3. The molecule has 1 aliphatic rings. The number of hydrogen-bond acceptors (Lipinski definition) is 6. The second-order valence-electron chi connectivity index (χ2n) is 6.18. The van der Waals surface area contributed by atoms with Gasteiger partial charge in [-0.3, -0.25) is 0 Å². The van der Waals surface area contributed by atoms with E-state index in [1.807, 2.05) is 32.9 Å². The zero-order valence-electron chi connectivity index (χ0n) is 15.6. The first-order valence-corrected chi connectivity index (χ1v) is 11.0. The predicted molar refractivity (Wildman–Crippen MR) is 104 cm³/mol. The van der Waals surface area contributed by atoms with Gasteiger partial charge in [0.2, 0.25) is 0 Å². The Balaban J connectivity index is 2.32. The van der Waals surface area contributed by atoms with Crippen molar-refractivity contribution in [1.82, 2.24) is 15.0 Å². The summed E-state index contributed by atoms with van der Waals surface area (Å²) in [6.07, 6.45) is -4.23. The van der Waals surface area contributed by atoms with Gasteiger partial charge in [-0.25, -0.2) is 0 Å². The van der Waals surface area contributed by atoms with E-state index in [4.69, 9.17) is 0 Å². The molecule has 0 N–H and O–H groups in total. The zero-order chi connectivity index (χ0) is 21.8. The van der Waals surface area contributed by atoms with Crippen LogP contribution < -0.4 is 0 Å². The van der Waals surface area contributed by atoms with Crippen molar-refractivity contribution in [3.05, 3.63) is 33.8 Å². The summed E-state index contributed by atoms with van der Waals surface area (Å²) in [6, 6.07) is 0. The molecule has 0 bridgehead atoms. The van der Waals surface area contributed by atoms with Gasteiger partial charge in [0.15, 0.2) is 15.5 Å². The van der Waals surface area contributed by atoms with Crippen LogP contribution in [0, 0.1) is 0 Å². The minimum atomic E-state index is -4.45. The van der Waals surface area contributed by atoms with Crippen molar-refractivity contribution >= 4 is 35.3 Å². The molecule has 29 heavy (non-hydrogen) atoms. The molecule has 0 radical (unpaired) electrons. The summed E-state index contributed by atoms with van der Waals surface area (Å²) >= 11 is 1.76. The summed E-state index contributed by atoms with van der Waals surface area (Å²) in [6.45, 7) is 5.74. The van der Waals surface area contributed by atoms with Crippen molar-refractivity contribution < 1.29 is 26.3 Å². The van der Waals surface area contributed by atoms with Gasteiger partial charge in [-0.05, 0) is 44.5 Å². The molecule has 0 atom stereocenters. The van der Waals surface area contributed by atoms with Crippen LogP contribution in [0.5, 0.6) is 0 Å². The molecular formula is C17H17F6N3S3. The Morgan fingerprint density at radius 3 is 1.79 bits per heavy atom. The third-order valence-electron chi connectivity index (χ3n) is 3.42. The first-order chi connectivity index (χ1) is 13.3. The lowest BCUT2D eigenvalue weighted by molar-refractivity contribution is -0.106. The standard InChI is InChI=1S/C17H17F6N3S3/c1-9-4-5-10(2)12(11(3)6-9)29-15-25-13(27-7-16(18,19)20)24-14(26-15)28-8-17(21,22)23/h4,6H,5,7-8H2,1-3H3. The summed E-state index contributed by atoms with van der Waals surface area (Å²) in [5.41, 5.74) is 3.00. The number of nitrogens with zero attached hydrogens (tertiary/aromatic N) is 3. The Bertz CT molecular complexity index is 808. The van der Waals surface area contributed by atoms with Gasteiger partial charge in [-0.15, -0.1) is 0 Å². The van der Waals surface area contributed by atoms with Gasteiger partial charge in [0.05, 0.1) is 11.5 Å². The van der Waals surface area contributed by atoms with Crippen LogP contribution in [0.3, 0.4) is 0 Å². The lowest BCUT2D eigenvalue weighted by atomic mass is 10.1. The molecule has 0 unspecified atom stereocenters. The predicted octanol–water partition coefficient (Wildman–Crippen LogP) is 6.84. The Morgan fingerprint density at radius 2 is 1.31 bits per heavy atom. The van der Waals surface area contributed by atoms with Crippen molar-refractivity contribution in [1.29, 1.82) is 0 Å². The quantitative estimate of drug-likeness (QED) is 0.333. The molecule has 1 aromatic rings. The molecule has 1 aliphatic carbocycles. The molecule has 0 aliphatic heterocycles. The highest BCUT2D eigenvalue weighted by atomic mass is 32.2. The van der Waals surface area contributed by atoms with Crippen LogP contribution in [0.25, 0.3) is 0 Å². The Kier molecular flexibility index (Phi) is 8.14. The first kappa shape index (κ1) is 24.1. The van der Waals surface area contributed by atoms with Crippen molar-refractivity contribution in [3.8, 4) is 0 Å². The summed E-state index contributed by atoms with van der Waals surface area (Å²) in [5.74, 6) is -2.48. The largest absolute Gasteiger partial charge is 0.398 e. The fraction of sp³-hybridized carbons (Fsp3) is 0.471. The van der Waals surface area contributed by atoms with E-state index >= 15 is 0 Å². The maximum absolute atomic E-state index is 12.5. The zero-order valence-corrected chi connectivity index (χ0v) is 18.1. The third-order valence-corrected chi connectivity index (χ3v) is 6.48. The summed E-state index contributed by atoms with van der Waals surface area (Å²) in [5, 5.41) is -0.448. The molecule has 1 heterocycles. The fourth-order valence-electron chi connectivity index (χ4n) is 2.26. The van der Waals surface area contributed by atoms with E-state index in [1.165, 1.54) is 0 Å². The maximum atomic E-state index is 12.5. The maximum Gasteiger partial charge on any atom is 0.398 e. The van der Waals surface area contributed by atoms with E-state index in [0.29, 0.717) is 29.9 Å². The van der Waals surface area contributed by atoms with Crippen LogP contribution in [-0.4, -0.2) is 38.8 Å². The van der Waals surface area contributed by atoms with E-state index in [-0.39, 0.29) is 15.5 Å². The smallest absolute Gasteiger partial charge is 0.196 e. The van der Waals surface area contributed by atoms with Crippen LogP contribution in [0.1, 0.15) is 27.2 Å². The molecule has 0 saturated carbocycles. The highest BCUT2D eigenvalue weighted by Gasteiger charge is 2.30. The van der Waals surface area contributed by atoms with Crippen LogP contribution in [0.4, 0.5) is 26.3 Å². The number of alkyl halides is 6. The van der Waals surface area contributed by atoms with E-state index in [0.717, 1.165) is 33.4 Å². The van der Waals surface area contributed by atoms with Crippen LogP contribution in [0.2, 0.25) is 0 Å². The lowest BCUT2D eigenvalue weighted by Gasteiger charge is -2.12. The van der Waals surface area contributed by atoms with E-state index in [1.54, 1.807) is 0 Å². The topological polar surface area (TPSA) is 38.7 Å². The molecular weight excluding hydrogens is 456 g/mol. The average Bonchev–Trinajstić information content (AvgIpc) is 2.70. The summed E-state index contributed by atoms with van der Waals surface area (Å²) in [4.78, 5) is 12.6. The molecule has 12 heteroatoms. The fourth-order valence-corrected chi connectivity index (χ4v) is 4.54. The normalized spacial score (nSPS) is 15.9. The van der Waals surface area contributed by atoms with Crippen molar-refractivity contribution in [2.24, 2.45) is 0 Å². The molecule has 3 nitrogen and oxygen atoms in total. The van der Waals surface area contributed by atoms with E-state index in [9.17, 15) is 26.3 Å². The Hall–Kier alpha value is -1.14. The molecule has 2 rings (SSSR count). The second-order valence-corrected chi connectivity index (χ2v) is 9.04. The number of halogens is 6. The molecule has 0 amide bonds. The number of hydrogen-bond donors (Lipinski definition) is 0. The molecule has 160 valence electrons. The number of allylic oxidation sites excluding steroid dienone is 5. The highest BCUT2D eigenvalue weighted by molar-refractivity contribution is 8.03. The van der Waals surface area contributed by atoms with Gasteiger partial charge in [0.1, 0.15) is 0 Å². The molecule has 1 aromatic heterocycles. The molecule has 0 fully saturated rings. The second kappa shape index (κ2) is 9.78. The summed E-state index contributed by atoms with van der Waals surface area (Å²) in [7, 11) is 0. The van der Waals surface area contributed by atoms with Gasteiger partial charge < -0.3 is 0 Å². The number of rotatable bonds is 6. The minimum absolute atomic E-state index is 0.0657. The first-order valence-electron chi connectivity index (χ1n) is 8.20. The van der Waals surface area contributed by atoms with Crippen LogP contribution in [-0.2, 0) is 0 Å². The number of aromatic nitrogens is 3. The van der Waals surface area contributed by atoms with Crippen LogP contribution in [0.15, 0.2) is 49.2 Å². The SMILES string of the molecule is CC1=CCC(C)=C(Sc2nc(SCC(F)(F)F)nc(SCC(F)(F)F)n2)C(C)=C1. The lowest BCUT2D eigenvalue weighted by Crippen LogP contribution is -2.13. The monoisotopic (exact) mass is 473 g/mol. The van der Waals surface area contributed by atoms with Gasteiger partial charge in [-0.2, -0.15) is 41.3 Å². The van der Waals surface area contributed by atoms with Gasteiger partial charge >= 0.3 is 12.4 Å². The molecule has 0 spiro atoms. The van der Waals surface area contributed by atoms with Gasteiger partial charge in [0.25, 0.3) is 0 Å². The summed E-state index contributed by atoms with van der Waals surface area (Å²) < 4.78 is 75.2. The Morgan fingerprint density at radius 1 is 0.828 bits per heavy atom. The van der Waals surface area contributed by atoms with Crippen LogP contribution >= 0.6 is 35.3 Å². The van der Waals surface area contributed by atoms with Crippen molar-refractivity contribution in [2.75, 3.05) is 11.5 Å². The van der Waals surface area contributed by atoms with E-state index in [2.05, 4.69) is 15.0 Å². The minimum Gasteiger partial charge on any atom is -0.196 e. The van der Waals surface area contributed by atoms with Crippen molar-refractivity contribution in [3.63, 3.8) is 0 Å². The van der Waals surface area contributed by atoms with Gasteiger partial charge in [-0.1, -0.05) is 46.8 Å². The van der Waals surface area contributed by atoms with Gasteiger partial charge in [0, 0.05) is 4.91 Å². The molecule has 0 saturated heterocycles. The molecule has 0 aromatic carbocycles. The third kappa shape index (κ3) is 8.63. The average molecular weight is 474 g/mol.